The smallest absolute Gasteiger partial charge is 1.00 e. The van der Waals surface area contributed by atoms with E-state index in [1.165, 1.54) is 0 Å². The molecule has 0 radical (unpaired) electrons. The summed E-state index contributed by atoms with van der Waals surface area (Å²) < 4.78 is 4.97. The van der Waals surface area contributed by atoms with E-state index in [2.05, 4.69) is 0 Å². The van der Waals surface area contributed by atoms with Crippen LogP contribution in [0.3, 0.4) is 0 Å². The van der Waals surface area contributed by atoms with E-state index in [0.29, 0.717) is 5.75 Å². The molecule has 0 aliphatic heterocycles. The van der Waals surface area contributed by atoms with Crippen LogP contribution in [0.5, 0.6) is 5.75 Å². The van der Waals surface area contributed by atoms with Gasteiger partial charge in [0.05, 0.1) is 0 Å². The van der Waals surface area contributed by atoms with Gasteiger partial charge in [0.1, 0.15) is 5.75 Å². The van der Waals surface area contributed by atoms with Gasteiger partial charge in [0, 0.05) is 0 Å². The van der Waals surface area contributed by atoms with Crippen LogP contribution in [-0.2, 0) is 0 Å². The summed E-state index contributed by atoms with van der Waals surface area (Å²) >= 11 is 0. The van der Waals surface area contributed by atoms with E-state index < -0.39 is 6.29 Å². The van der Waals surface area contributed by atoms with E-state index in [1.807, 2.05) is 18.2 Å². The van der Waals surface area contributed by atoms with E-state index in [1.54, 1.807) is 19.1 Å². The summed E-state index contributed by atoms with van der Waals surface area (Å²) in [5, 5.41) is 8.78. The van der Waals surface area contributed by atoms with Gasteiger partial charge in [0.25, 0.3) is 0 Å². The maximum absolute atomic E-state index is 8.78. The van der Waals surface area contributed by atoms with Crippen LogP contribution in [0.2, 0.25) is 0 Å². The average molecular weight is 180 g/mol. The predicted octanol–water partition coefficient (Wildman–Crippen LogP) is 1.25. The van der Waals surface area contributed by atoms with E-state index >= 15 is 0 Å². The van der Waals surface area contributed by atoms with E-state index in [0.717, 1.165) is 0 Å². The molecule has 0 bridgehead atoms. The van der Waals surface area contributed by atoms with Crippen molar-refractivity contribution in [1.82, 2.24) is 0 Å². The van der Waals surface area contributed by atoms with Crippen LogP contribution >= 0.6 is 0 Å². The third-order valence-corrected chi connectivity index (χ3v) is 1.05. The number of benzene rings is 1. The van der Waals surface area contributed by atoms with Gasteiger partial charge in [-0.05, 0) is 19.1 Å². The molecular formula is C8H12CaO2. The zero-order valence-corrected chi connectivity index (χ0v) is 8.74. The molecule has 0 saturated heterocycles. The summed E-state index contributed by atoms with van der Waals surface area (Å²) in [7, 11) is 0. The van der Waals surface area contributed by atoms with Crippen LogP contribution < -0.4 is 4.74 Å². The van der Waals surface area contributed by atoms with Crippen molar-refractivity contribution in [2.24, 2.45) is 0 Å². The maximum Gasteiger partial charge on any atom is 2.00 e. The third kappa shape index (κ3) is 4.64. The number of para-hydroxylation sites is 1. The van der Waals surface area contributed by atoms with E-state index in [-0.39, 0.29) is 40.6 Å². The van der Waals surface area contributed by atoms with Crippen LogP contribution in [-0.4, -0.2) is 49.1 Å². The Morgan fingerprint density at radius 1 is 1.36 bits per heavy atom. The molecular weight excluding hydrogens is 168 g/mol. The zero-order valence-electron chi connectivity index (χ0n) is 8.53. The standard InChI is InChI=1S/C8H10O2.Ca.2H/c1-7(9)10-8-5-3-2-4-6-8;;;/h2-7,9H,1H3;;;/q;+2;2*-1. The number of ether oxygens (including phenoxy) is 1. The molecule has 0 heterocycles. The van der Waals surface area contributed by atoms with Gasteiger partial charge in [0.15, 0.2) is 6.29 Å². The number of hydrogen-bond donors (Lipinski definition) is 1. The van der Waals surface area contributed by atoms with E-state index in [9.17, 15) is 0 Å². The van der Waals surface area contributed by atoms with Crippen molar-refractivity contribution >= 4 is 37.7 Å². The molecule has 1 N–H and O–H groups in total. The van der Waals surface area contributed by atoms with Gasteiger partial charge in [-0.15, -0.1) is 0 Å². The number of aliphatic hydroxyl groups excluding tert-OH is 1. The molecule has 0 aliphatic carbocycles. The van der Waals surface area contributed by atoms with Gasteiger partial charge >= 0.3 is 37.7 Å². The second kappa shape index (κ2) is 5.84. The van der Waals surface area contributed by atoms with Gasteiger partial charge in [-0.3, -0.25) is 0 Å². The summed E-state index contributed by atoms with van der Waals surface area (Å²) in [6, 6.07) is 9.21. The summed E-state index contributed by atoms with van der Waals surface area (Å²) in [4.78, 5) is 0. The molecule has 1 rings (SSSR count). The molecule has 0 fully saturated rings. The zero-order chi connectivity index (χ0) is 7.40. The molecule has 2 nitrogen and oxygen atoms in total. The van der Waals surface area contributed by atoms with E-state index in [4.69, 9.17) is 9.84 Å². The first-order valence-corrected chi connectivity index (χ1v) is 3.19. The topological polar surface area (TPSA) is 29.5 Å². The third-order valence-electron chi connectivity index (χ3n) is 1.05. The second-order valence-electron chi connectivity index (χ2n) is 2.03. The molecule has 1 aromatic rings. The molecule has 11 heavy (non-hydrogen) atoms. The first-order chi connectivity index (χ1) is 4.79. The molecule has 1 atom stereocenters. The summed E-state index contributed by atoms with van der Waals surface area (Å²) in [5.41, 5.74) is 0. The van der Waals surface area contributed by atoms with Crippen LogP contribution in [0, 0.1) is 0 Å². The molecule has 0 spiro atoms. The Morgan fingerprint density at radius 3 is 2.36 bits per heavy atom. The predicted molar refractivity (Wildman–Crippen MR) is 46.7 cm³/mol. The first kappa shape index (κ1) is 11.2. The molecule has 0 aromatic heterocycles. The Bertz CT molecular complexity index is 195. The van der Waals surface area contributed by atoms with Gasteiger partial charge < -0.3 is 12.7 Å². The van der Waals surface area contributed by atoms with Crippen molar-refractivity contribution in [3.8, 4) is 5.75 Å². The minimum Gasteiger partial charge on any atom is -1.00 e. The minimum absolute atomic E-state index is 0. The molecule has 0 saturated carbocycles. The van der Waals surface area contributed by atoms with Crippen molar-refractivity contribution in [3.63, 3.8) is 0 Å². The monoisotopic (exact) mass is 180 g/mol. The molecule has 0 aliphatic rings. The Labute approximate surface area is 99.2 Å². The van der Waals surface area contributed by atoms with Gasteiger partial charge in [-0.25, -0.2) is 0 Å². The fourth-order valence-corrected chi connectivity index (χ4v) is 0.696. The van der Waals surface area contributed by atoms with Gasteiger partial charge in [0.2, 0.25) is 0 Å². The van der Waals surface area contributed by atoms with Crippen LogP contribution in [0.1, 0.15) is 9.78 Å². The van der Waals surface area contributed by atoms with Gasteiger partial charge in [-0.1, -0.05) is 18.2 Å². The maximum atomic E-state index is 8.78. The fourth-order valence-electron chi connectivity index (χ4n) is 0.696. The molecule has 58 valence electrons. The largest absolute Gasteiger partial charge is 2.00 e. The normalized spacial score (nSPS) is 11.5. The van der Waals surface area contributed by atoms with Crippen molar-refractivity contribution < 1.29 is 12.7 Å². The quantitative estimate of drug-likeness (QED) is 0.548. The first-order valence-electron chi connectivity index (χ1n) is 3.19. The van der Waals surface area contributed by atoms with Crippen molar-refractivity contribution in [3.05, 3.63) is 30.3 Å². The fraction of sp³-hybridized carbons (Fsp3) is 0.250. The summed E-state index contributed by atoms with van der Waals surface area (Å²) in [5.74, 6) is 0.692. The summed E-state index contributed by atoms with van der Waals surface area (Å²) in [6.07, 6.45) is -0.734. The summed E-state index contributed by atoms with van der Waals surface area (Å²) in [6.45, 7) is 1.58. The number of hydrogen-bond acceptors (Lipinski definition) is 2. The Kier molecular flexibility index (Phi) is 5.96. The van der Waals surface area contributed by atoms with Gasteiger partial charge in [-0.2, -0.15) is 0 Å². The van der Waals surface area contributed by atoms with Crippen molar-refractivity contribution in [2.45, 2.75) is 13.2 Å². The second-order valence-corrected chi connectivity index (χ2v) is 2.03. The van der Waals surface area contributed by atoms with Crippen molar-refractivity contribution in [1.29, 1.82) is 0 Å². The molecule has 1 unspecified atom stereocenters. The van der Waals surface area contributed by atoms with Crippen LogP contribution in [0.25, 0.3) is 0 Å². The van der Waals surface area contributed by atoms with Crippen molar-refractivity contribution in [2.75, 3.05) is 0 Å². The number of rotatable bonds is 2. The molecule has 3 heteroatoms. The minimum atomic E-state index is -0.734. The Morgan fingerprint density at radius 2 is 1.91 bits per heavy atom. The Balaban J connectivity index is -0.000000333. The average Bonchev–Trinajstić information content (AvgIpc) is 1.88. The SMILES string of the molecule is CC(O)Oc1ccccc1.[Ca+2].[H-].[H-]. The van der Waals surface area contributed by atoms with Crippen LogP contribution in [0.4, 0.5) is 0 Å². The Hall–Kier alpha value is 0.240. The van der Waals surface area contributed by atoms with Crippen LogP contribution in [0.15, 0.2) is 30.3 Å². The molecule has 0 amide bonds. The number of aliphatic hydroxyl groups is 1. The molecule has 1 aromatic carbocycles.